The van der Waals surface area contributed by atoms with E-state index in [9.17, 15) is 24.3 Å². The summed E-state index contributed by atoms with van der Waals surface area (Å²) >= 11 is 5.01. The van der Waals surface area contributed by atoms with E-state index in [4.69, 9.17) is 5.73 Å². The number of carboxylic acid groups (broad SMARTS) is 1. The van der Waals surface area contributed by atoms with Gasteiger partial charge in [0.25, 0.3) is 17.6 Å². The van der Waals surface area contributed by atoms with Crippen LogP contribution >= 0.6 is 46.6 Å². The lowest BCUT2D eigenvalue weighted by molar-refractivity contribution is -0.150. The highest BCUT2D eigenvalue weighted by Gasteiger charge is 2.54. The SMILES string of the molecule is Nc1nc(C(=O)C(=O)N[C@@H]2C(=O)N3C(C(=O)O)=C(SCSc4cn[nH]n4)CS[C@H]23)cs1. The maximum absolute atomic E-state index is 12.6. The van der Waals surface area contributed by atoms with E-state index < -0.39 is 35.0 Å². The summed E-state index contributed by atoms with van der Waals surface area (Å²) in [5, 5.41) is 24.2. The molecule has 162 valence electrons. The number of fused-ring (bicyclic) bond motifs is 1. The number of nitrogens with two attached hydrogens (primary N) is 1. The fourth-order valence-electron chi connectivity index (χ4n) is 2.84. The number of carboxylic acids is 1. The number of carbonyl (C=O) groups is 4. The summed E-state index contributed by atoms with van der Waals surface area (Å²) in [6, 6.07) is -0.997. The molecule has 0 spiro atoms. The molecule has 16 heteroatoms. The number of β-lactam (4-membered cyclic amide) rings is 1. The van der Waals surface area contributed by atoms with Crippen LogP contribution in [0, 0.1) is 0 Å². The van der Waals surface area contributed by atoms with Crippen molar-refractivity contribution in [2.24, 2.45) is 0 Å². The van der Waals surface area contributed by atoms with Crippen molar-refractivity contribution in [3.63, 3.8) is 0 Å². The Kier molecular flexibility index (Phi) is 6.22. The van der Waals surface area contributed by atoms with Crippen LogP contribution in [0.4, 0.5) is 5.13 Å². The second kappa shape index (κ2) is 8.89. The summed E-state index contributed by atoms with van der Waals surface area (Å²) in [5.41, 5.74) is 5.26. The number of hydrogen-bond acceptors (Lipinski definition) is 12. The highest BCUT2D eigenvalue weighted by Crippen LogP contribution is 2.44. The molecule has 4 heterocycles. The molecule has 0 saturated carbocycles. The normalized spacial score (nSPS) is 20.3. The van der Waals surface area contributed by atoms with Crippen molar-refractivity contribution < 1.29 is 24.3 Å². The lowest BCUT2D eigenvalue weighted by Gasteiger charge is -2.49. The summed E-state index contributed by atoms with van der Waals surface area (Å²) in [7, 11) is 0. The maximum Gasteiger partial charge on any atom is 0.353 e. The zero-order valence-corrected chi connectivity index (χ0v) is 18.6. The second-order valence-electron chi connectivity index (χ2n) is 6.05. The Morgan fingerprint density at radius 1 is 1.39 bits per heavy atom. The van der Waals surface area contributed by atoms with Gasteiger partial charge < -0.3 is 16.2 Å². The number of amides is 2. The third-order valence-corrected chi connectivity index (χ3v) is 8.47. The zero-order chi connectivity index (χ0) is 22.1. The van der Waals surface area contributed by atoms with Crippen molar-refractivity contribution in [2.45, 2.75) is 16.4 Å². The van der Waals surface area contributed by atoms with Crippen LogP contribution < -0.4 is 11.1 Å². The van der Waals surface area contributed by atoms with E-state index in [0.29, 0.717) is 20.8 Å². The van der Waals surface area contributed by atoms with Gasteiger partial charge in [-0.1, -0.05) is 11.8 Å². The van der Waals surface area contributed by atoms with Crippen LogP contribution in [-0.2, 0) is 14.4 Å². The second-order valence-corrected chi connectivity index (χ2v) is 10.5. The Balaban J connectivity index is 1.42. The van der Waals surface area contributed by atoms with Gasteiger partial charge >= 0.3 is 5.97 Å². The Labute approximate surface area is 190 Å². The van der Waals surface area contributed by atoms with E-state index in [1.807, 2.05) is 0 Å². The van der Waals surface area contributed by atoms with Crippen molar-refractivity contribution in [3.05, 3.63) is 27.9 Å². The molecular weight excluding hydrogens is 486 g/mol. The van der Waals surface area contributed by atoms with E-state index in [0.717, 1.165) is 16.2 Å². The molecule has 1 fully saturated rings. The largest absolute Gasteiger partial charge is 0.477 e. The lowest BCUT2D eigenvalue weighted by atomic mass is 10.0. The lowest BCUT2D eigenvalue weighted by Crippen LogP contribution is -2.71. The molecule has 31 heavy (non-hydrogen) atoms. The first-order valence-electron chi connectivity index (χ1n) is 8.45. The molecule has 0 aromatic carbocycles. The molecule has 0 aliphatic carbocycles. The number of thioether (sulfide) groups is 3. The third kappa shape index (κ3) is 4.28. The van der Waals surface area contributed by atoms with Gasteiger partial charge in [-0.3, -0.25) is 19.3 Å². The fraction of sp³-hybridized carbons (Fsp3) is 0.267. The predicted molar refractivity (Wildman–Crippen MR) is 115 cm³/mol. The van der Waals surface area contributed by atoms with Crippen LogP contribution in [0.5, 0.6) is 0 Å². The number of anilines is 1. The van der Waals surface area contributed by atoms with Crippen molar-refractivity contribution in [2.75, 3.05) is 16.6 Å². The van der Waals surface area contributed by atoms with E-state index in [1.165, 1.54) is 40.7 Å². The Hall–Kier alpha value is -2.56. The highest BCUT2D eigenvalue weighted by atomic mass is 32.2. The van der Waals surface area contributed by atoms with E-state index in [-0.39, 0.29) is 16.5 Å². The Morgan fingerprint density at radius 3 is 2.84 bits per heavy atom. The zero-order valence-electron chi connectivity index (χ0n) is 15.3. The van der Waals surface area contributed by atoms with Gasteiger partial charge in [-0.25, -0.2) is 9.78 Å². The number of H-pyrrole nitrogens is 1. The van der Waals surface area contributed by atoms with Crippen molar-refractivity contribution in [1.29, 1.82) is 0 Å². The van der Waals surface area contributed by atoms with Crippen LogP contribution in [0.3, 0.4) is 0 Å². The predicted octanol–water partition coefficient (Wildman–Crippen LogP) is 0.205. The van der Waals surface area contributed by atoms with Crippen LogP contribution in [0.15, 0.2) is 27.2 Å². The molecular formula is C15H13N7O5S4. The van der Waals surface area contributed by atoms with Crippen molar-refractivity contribution in [1.82, 2.24) is 30.6 Å². The summed E-state index contributed by atoms with van der Waals surface area (Å²) in [4.78, 5) is 54.3. The first-order valence-corrected chi connectivity index (χ1v) is 12.4. The van der Waals surface area contributed by atoms with Crippen molar-refractivity contribution >= 4 is 75.3 Å². The quantitative estimate of drug-likeness (QED) is 0.127. The number of nitrogens with one attached hydrogen (secondary N) is 2. The molecule has 12 nitrogen and oxygen atoms in total. The van der Waals surface area contributed by atoms with Gasteiger partial charge in [-0.15, -0.1) is 40.0 Å². The van der Waals surface area contributed by atoms with Crippen LogP contribution in [0.1, 0.15) is 10.5 Å². The number of carbonyl (C=O) groups excluding carboxylic acids is 3. The van der Waals surface area contributed by atoms with E-state index >= 15 is 0 Å². The molecule has 2 aromatic heterocycles. The van der Waals surface area contributed by atoms with Crippen LogP contribution in [0.2, 0.25) is 0 Å². The number of aromatic amines is 1. The van der Waals surface area contributed by atoms with Gasteiger partial charge in [0.15, 0.2) is 5.13 Å². The molecule has 2 aromatic rings. The molecule has 0 unspecified atom stereocenters. The molecule has 1 saturated heterocycles. The summed E-state index contributed by atoms with van der Waals surface area (Å²) in [6.45, 7) is 0. The van der Waals surface area contributed by atoms with Gasteiger partial charge in [0.1, 0.15) is 27.8 Å². The average Bonchev–Trinajstić information content (AvgIpc) is 3.42. The number of thiazole rings is 1. The first kappa shape index (κ1) is 21.7. The Bertz CT molecular complexity index is 1090. The first-order chi connectivity index (χ1) is 14.9. The van der Waals surface area contributed by atoms with Crippen molar-refractivity contribution in [3.8, 4) is 0 Å². The minimum Gasteiger partial charge on any atom is -0.477 e. The smallest absolute Gasteiger partial charge is 0.353 e. The molecule has 2 amide bonds. The van der Waals surface area contributed by atoms with Gasteiger partial charge in [-0.05, 0) is 0 Å². The number of nitrogens with zero attached hydrogens (tertiary/aromatic N) is 4. The number of Topliss-reactive ketones (excluding diaryl/α,β-unsaturated/α-hetero) is 1. The van der Waals surface area contributed by atoms with E-state index in [1.54, 1.807) is 6.20 Å². The minimum absolute atomic E-state index is 0.102. The van der Waals surface area contributed by atoms with Crippen LogP contribution in [-0.4, -0.2) is 76.2 Å². The summed E-state index contributed by atoms with van der Waals surface area (Å²) in [5.74, 6) is -3.37. The number of ketones is 1. The van der Waals surface area contributed by atoms with Gasteiger partial charge in [-0.2, -0.15) is 10.3 Å². The monoisotopic (exact) mass is 499 g/mol. The number of aliphatic carboxylic acids is 1. The van der Waals surface area contributed by atoms with Gasteiger partial charge in [0.2, 0.25) is 0 Å². The fourth-order valence-corrected chi connectivity index (χ4v) is 6.96. The van der Waals surface area contributed by atoms with E-state index in [2.05, 4.69) is 25.7 Å². The number of rotatable bonds is 8. The molecule has 2 aliphatic rings. The van der Waals surface area contributed by atoms with Gasteiger partial charge in [0.05, 0.1) is 11.3 Å². The number of hydrogen-bond donors (Lipinski definition) is 4. The molecule has 0 bridgehead atoms. The topological polar surface area (TPSA) is 184 Å². The molecule has 0 radical (unpaired) electrons. The molecule has 2 atom stereocenters. The molecule has 5 N–H and O–H groups in total. The highest BCUT2D eigenvalue weighted by molar-refractivity contribution is 8.18. The molecule has 2 aliphatic heterocycles. The summed E-state index contributed by atoms with van der Waals surface area (Å²) < 4.78 is 0. The Morgan fingerprint density at radius 2 is 2.19 bits per heavy atom. The van der Waals surface area contributed by atoms with Crippen LogP contribution in [0.25, 0.3) is 0 Å². The average molecular weight is 500 g/mol. The third-order valence-electron chi connectivity index (χ3n) is 4.22. The molecule has 4 rings (SSSR count). The number of nitrogen functional groups attached to an aromatic ring is 1. The standard InChI is InChI=1S/C15H13N7O5S4/c16-15-18-5(2-29-15)10(23)11(24)19-8-12(25)22-9(14(26)27)6(3-28-13(8)22)30-4-31-7-1-17-21-20-7/h1-2,8,13H,3-4H2,(H2,16,18)(H,19,24)(H,26,27)(H,17,20,21)/t8-,13-/m1/s1. The van der Waals surface area contributed by atoms with Gasteiger partial charge in [0, 0.05) is 16.0 Å². The minimum atomic E-state index is -1.23. The maximum atomic E-state index is 12.6. The summed E-state index contributed by atoms with van der Waals surface area (Å²) in [6.07, 6.45) is 1.55. The number of aromatic nitrogens is 4.